The number of rotatable bonds is 8. The van der Waals surface area contributed by atoms with Crippen molar-refractivity contribution in [3.63, 3.8) is 0 Å². The van der Waals surface area contributed by atoms with Gasteiger partial charge in [0.05, 0.1) is 12.7 Å². The lowest BCUT2D eigenvalue weighted by atomic mass is 9.97. The Bertz CT molecular complexity index is 950. The van der Waals surface area contributed by atoms with Crippen LogP contribution >= 0.6 is 11.8 Å². The van der Waals surface area contributed by atoms with Crippen LogP contribution in [0.3, 0.4) is 0 Å². The Balaban J connectivity index is 2.45. The summed E-state index contributed by atoms with van der Waals surface area (Å²) in [7, 11) is 1.25. The molecule has 0 radical (unpaired) electrons. The Labute approximate surface area is 193 Å². The van der Waals surface area contributed by atoms with E-state index < -0.39 is 53.7 Å². The van der Waals surface area contributed by atoms with Crippen molar-refractivity contribution in [2.75, 3.05) is 13.7 Å². The number of hydrogen-bond acceptors (Lipinski definition) is 11. The Morgan fingerprint density at radius 1 is 1.09 bits per heavy atom. The Morgan fingerprint density at radius 3 is 2.33 bits per heavy atom. The van der Waals surface area contributed by atoms with Gasteiger partial charge in [-0.05, 0) is 23.7 Å². The van der Waals surface area contributed by atoms with Gasteiger partial charge in [-0.3, -0.25) is 14.4 Å². The molecule has 1 aliphatic rings. The van der Waals surface area contributed by atoms with Crippen LogP contribution in [0.4, 0.5) is 0 Å². The fraction of sp³-hybridized carbons (Fsp3) is 0.500. The van der Waals surface area contributed by atoms with E-state index in [1.54, 1.807) is 24.3 Å². The van der Waals surface area contributed by atoms with Gasteiger partial charge in [0.2, 0.25) is 0 Å². The predicted octanol–water partition coefficient (Wildman–Crippen LogP) is 2.40. The van der Waals surface area contributed by atoms with Crippen molar-refractivity contribution < 1.29 is 42.9 Å². The summed E-state index contributed by atoms with van der Waals surface area (Å²) in [5, 5.41) is 3.70. The van der Waals surface area contributed by atoms with Crippen LogP contribution in [-0.2, 0) is 38.1 Å². The SMILES string of the molecule is COC(=O)c1cccc(S[C@H]2OC(COC(C)=O)[C@H](OC(C)=O)C(N=[N+]=[N-])C2OC(C)=O)c1. The number of methoxy groups -OCH3 is 1. The maximum absolute atomic E-state index is 11.9. The quantitative estimate of drug-likeness (QED) is 0.177. The standard InChI is InChI=1S/C20H23N3O9S/c1-10(24)29-9-15-17(30-11(2)25)16(22-23-21)18(31-12(3)26)20(32-15)33-14-7-5-6-13(8-14)19(27)28-4/h5-8,15-18,20H,9H2,1-4H3/t15?,16?,17-,18?,20+/m0/s1. The van der Waals surface area contributed by atoms with Crippen molar-refractivity contribution in [1.29, 1.82) is 0 Å². The fourth-order valence-electron chi connectivity index (χ4n) is 3.12. The van der Waals surface area contributed by atoms with Crippen molar-refractivity contribution in [2.45, 2.75) is 55.5 Å². The summed E-state index contributed by atoms with van der Waals surface area (Å²) in [6, 6.07) is 5.24. The molecular formula is C20H23N3O9S. The van der Waals surface area contributed by atoms with Gasteiger partial charge < -0.3 is 23.7 Å². The van der Waals surface area contributed by atoms with Crippen LogP contribution in [0.2, 0.25) is 0 Å². The van der Waals surface area contributed by atoms with Crippen LogP contribution in [0, 0.1) is 0 Å². The Hall–Kier alpha value is -3.28. The van der Waals surface area contributed by atoms with Crippen molar-refractivity contribution in [2.24, 2.45) is 5.11 Å². The van der Waals surface area contributed by atoms with Gasteiger partial charge in [0, 0.05) is 30.6 Å². The molecule has 0 saturated carbocycles. The van der Waals surface area contributed by atoms with Crippen LogP contribution in [-0.4, -0.2) is 67.4 Å². The molecule has 5 atom stereocenters. The summed E-state index contributed by atoms with van der Waals surface area (Å²) in [6.07, 6.45) is -3.38. The van der Waals surface area contributed by atoms with Gasteiger partial charge in [0.15, 0.2) is 0 Å². The second-order valence-corrected chi connectivity index (χ2v) is 8.00. The molecule has 12 nitrogen and oxygen atoms in total. The lowest BCUT2D eigenvalue weighted by Gasteiger charge is -2.43. The highest BCUT2D eigenvalue weighted by molar-refractivity contribution is 7.99. The van der Waals surface area contributed by atoms with E-state index in [0.29, 0.717) is 4.90 Å². The summed E-state index contributed by atoms with van der Waals surface area (Å²) >= 11 is 1.07. The number of esters is 4. The van der Waals surface area contributed by atoms with E-state index in [4.69, 9.17) is 29.2 Å². The number of thioether (sulfide) groups is 1. The summed E-state index contributed by atoms with van der Waals surface area (Å²) < 4.78 is 26.4. The predicted molar refractivity (Wildman–Crippen MR) is 113 cm³/mol. The third-order valence-corrected chi connectivity index (χ3v) is 5.50. The van der Waals surface area contributed by atoms with Crippen LogP contribution in [0.15, 0.2) is 34.3 Å². The van der Waals surface area contributed by atoms with Gasteiger partial charge >= 0.3 is 23.9 Å². The molecule has 1 fully saturated rings. The zero-order chi connectivity index (χ0) is 24.5. The second kappa shape index (κ2) is 12.1. The average molecular weight is 481 g/mol. The van der Waals surface area contributed by atoms with Gasteiger partial charge in [-0.1, -0.05) is 22.9 Å². The monoisotopic (exact) mass is 481 g/mol. The van der Waals surface area contributed by atoms with E-state index >= 15 is 0 Å². The maximum Gasteiger partial charge on any atom is 0.337 e. The normalized spacial score (nSPS) is 24.1. The lowest BCUT2D eigenvalue weighted by molar-refractivity contribution is -0.201. The zero-order valence-corrected chi connectivity index (χ0v) is 19.1. The molecule has 1 aromatic carbocycles. The molecule has 3 unspecified atom stereocenters. The number of carbonyl (C=O) groups is 4. The smallest absolute Gasteiger partial charge is 0.337 e. The second-order valence-electron chi connectivity index (χ2n) is 6.83. The molecule has 1 heterocycles. The minimum atomic E-state index is -1.19. The third-order valence-electron chi connectivity index (χ3n) is 4.36. The number of carbonyl (C=O) groups excluding carboxylic acids is 4. The number of azide groups is 1. The lowest BCUT2D eigenvalue weighted by Crippen LogP contribution is -2.59. The first-order chi connectivity index (χ1) is 15.7. The highest BCUT2D eigenvalue weighted by Crippen LogP contribution is 2.37. The molecule has 0 amide bonds. The first kappa shape index (κ1) is 26.0. The van der Waals surface area contributed by atoms with Crippen LogP contribution in [0.5, 0.6) is 0 Å². The van der Waals surface area contributed by atoms with Gasteiger partial charge in [-0.2, -0.15) is 0 Å². The summed E-state index contributed by atoms with van der Waals surface area (Å²) in [6.45, 7) is 3.20. The van der Waals surface area contributed by atoms with Gasteiger partial charge in [-0.15, -0.1) is 0 Å². The summed E-state index contributed by atoms with van der Waals surface area (Å²) in [5.41, 5.74) is 8.43. The van der Waals surface area contributed by atoms with Crippen LogP contribution < -0.4 is 0 Å². The molecular weight excluding hydrogens is 458 g/mol. The molecule has 0 spiro atoms. The van der Waals surface area contributed by atoms with E-state index in [1.807, 2.05) is 0 Å². The van der Waals surface area contributed by atoms with E-state index in [-0.39, 0.29) is 12.2 Å². The molecule has 0 bridgehead atoms. The molecule has 1 aliphatic heterocycles. The van der Waals surface area contributed by atoms with Crippen LogP contribution in [0.25, 0.3) is 10.4 Å². The number of ether oxygens (including phenoxy) is 5. The molecule has 0 N–H and O–H groups in total. The van der Waals surface area contributed by atoms with E-state index in [1.165, 1.54) is 21.0 Å². The van der Waals surface area contributed by atoms with Gasteiger partial charge in [0.1, 0.15) is 36.4 Å². The zero-order valence-electron chi connectivity index (χ0n) is 18.3. The molecule has 0 aliphatic carbocycles. The summed E-state index contributed by atoms with van der Waals surface area (Å²) in [4.78, 5) is 50.1. The van der Waals surface area contributed by atoms with Gasteiger partial charge in [0.25, 0.3) is 0 Å². The first-order valence-corrected chi connectivity index (χ1v) is 10.6. The Kier molecular flexibility index (Phi) is 9.52. The van der Waals surface area contributed by atoms with E-state index in [9.17, 15) is 19.2 Å². The van der Waals surface area contributed by atoms with Crippen LogP contribution in [0.1, 0.15) is 31.1 Å². The molecule has 2 rings (SSSR count). The third kappa shape index (κ3) is 7.38. The maximum atomic E-state index is 11.9. The highest BCUT2D eigenvalue weighted by atomic mass is 32.2. The Morgan fingerprint density at radius 2 is 1.76 bits per heavy atom. The fourth-order valence-corrected chi connectivity index (χ4v) is 4.29. The van der Waals surface area contributed by atoms with Crippen molar-refractivity contribution in [3.8, 4) is 0 Å². The molecule has 1 aromatic rings. The van der Waals surface area contributed by atoms with E-state index in [2.05, 4.69) is 10.0 Å². The minimum absolute atomic E-state index is 0.281. The molecule has 1 saturated heterocycles. The van der Waals surface area contributed by atoms with Crippen molar-refractivity contribution in [1.82, 2.24) is 0 Å². The molecule has 13 heteroatoms. The number of nitrogens with zero attached hydrogens (tertiary/aromatic N) is 3. The van der Waals surface area contributed by atoms with E-state index in [0.717, 1.165) is 18.7 Å². The number of hydrogen-bond donors (Lipinski definition) is 0. The van der Waals surface area contributed by atoms with Gasteiger partial charge in [-0.25, -0.2) is 4.79 Å². The molecule has 178 valence electrons. The first-order valence-electron chi connectivity index (χ1n) is 9.68. The molecule has 33 heavy (non-hydrogen) atoms. The topological polar surface area (TPSA) is 163 Å². The largest absolute Gasteiger partial charge is 0.465 e. The average Bonchev–Trinajstić information content (AvgIpc) is 2.75. The highest BCUT2D eigenvalue weighted by Gasteiger charge is 2.50. The van der Waals surface area contributed by atoms with Crippen molar-refractivity contribution in [3.05, 3.63) is 40.3 Å². The summed E-state index contributed by atoms with van der Waals surface area (Å²) in [5.74, 6) is -2.53. The number of benzene rings is 1. The minimum Gasteiger partial charge on any atom is -0.465 e. The molecule has 0 aromatic heterocycles. The van der Waals surface area contributed by atoms with Crippen molar-refractivity contribution >= 4 is 35.6 Å².